The molecular weight excluding hydrogens is 448 g/mol. The number of aromatic nitrogens is 1. The minimum Gasteiger partial charge on any atom is -0.497 e. The lowest BCUT2D eigenvalue weighted by atomic mass is 10.1. The summed E-state index contributed by atoms with van der Waals surface area (Å²) in [6, 6.07) is 18.4. The van der Waals surface area contributed by atoms with Crippen molar-refractivity contribution in [1.29, 1.82) is 5.26 Å². The summed E-state index contributed by atoms with van der Waals surface area (Å²) in [4.78, 5) is 17.2. The van der Waals surface area contributed by atoms with Crippen LogP contribution in [0.2, 0.25) is 0 Å². The predicted octanol–water partition coefficient (Wildman–Crippen LogP) is 3.40. The van der Waals surface area contributed by atoms with E-state index in [1.807, 2.05) is 24.3 Å². The second kappa shape index (κ2) is 9.82. The predicted molar refractivity (Wildman–Crippen MR) is 123 cm³/mol. The summed E-state index contributed by atoms with van der Waals surface area (Å²) in [5.41, 5.74) is 2.31. The average Bonchev–Trinajstić information content (AvgIpc) is 2.78. The molecule has 0 saturated carbocycles. The van der Waals surface area contributed by atoms with E-state index in [1.54, 1.807) is 26.2 Å². The van der Waals surface area contributed by atoms with Crippen molar-refractivity contribution in [1.82, 2.24) is 4.98 Å². The van der Waals surface area contributed by atoms with Gasteiger partial charge in [0.05, 0.1) is 28.5 Å². The molecule has 3 rings (SSSR count). The standard InChI is InChI=1S/C22H20N4O4S2/c1-14(21(27)25-17-6-10-19(11-7-17)32(24,28)29)31-22-16(13-23)5-12-20(26-22)15-3-8-18(30-2)9-4-15/h3-12,14H,1-2H3,(H,25,27)(H2,24,28,29). The number of nitrogens with two attached hydrogens (primary N) is 1. The first-order valence-corrected chi connectivity index (χ1v) is 11.8. The van der Waals surface area contributed by atoms with E-state index in [9.17, 15) is 18.5 Å². The van der Waals surface area contributed by atoms with Crippen LogP contribution >= 0.6 is 11.8 Å². The number of hydrogen-bond acceptors (Lipinski definition) is 7. The number of carbonyl (C=O) groups excluding carboxylic acids is 1. The number of rotatable bonds is 7. The van der Waals surface area contributed by atoms with Crippen LogP contribution in [0.1, 0.15) is 12.5 Å². The summed E-state index contributed by atoms with van der Waals surface area (Å²) in [5.74, 6) is 0.401. The number of anilines is 1. The van der Waals surface area contributed by atoms with Gasteiger partial charge in [-0.1, -0.05) is 11.8 Å². The maximum atomic E-state index is 12.6. The molecule has 1 aromatic heterocycles. The monoisotopic (exact) mass is 468 g/mol. The molecule has 0 spiro atoms. The molecule has 1 unspecified atom stereocenters. The first-order chi connectivity index (χ1) is 15.2. The van der Waals surface area contributed by atoms with Crippen molar-refractivity contribution in [2.24, 2.45) is 5.14 Å². The fourth-order valence-electron chi connectivity index (χ4n) is 2.73. The number of amides is 1. The molecule has 164 valence electrons. The van der Waals surface area contributed by atoms with E-state index in [4.69, 9.17) is 9.88 Å². The highest BCUT2D eigenvalue weighted by molar-refractivity contribution is 8.00. The fraction of sp³-hybridized carbons (Fsp3) is 0.136. The van der Waals surface area contributed by atoms with Crippen molar-refractivity contribution in [3.05, 3.63) is 66.2 Å². The van der Waals surface area contributed by atoms with Crippen LogP contribution in [0, 0.1) is 11.3 Å². The number of hydrogen-bond donors (Lipinski definition) is 2. The number of primary sulfonamides is 1. The first-order valence-electron chi connectivity index (χ1n) is 9.37. The Kier molecular flexibility index (Phi) is 7.15. The van der Waals surface area contributed by atoms with Gasteiger partial charge in [-0.25, -0.2) is 18.5 Å². The van der Waals surface area contributed by atoms with Gasteiger partial charge in [0.25, 0.3) is 0 Å². The van der Waals surface area contributed by atoms with Gasteiger partial charge in [-0.05, 0) is 67.6 Å². The minimum atomic E-state index is -3.81. The van der Waals surface area contributed by atoms with Gasteiger partial charge in [0.1, 0.15) is 16.8 Å². The molecule has 0 fully saturated rings. The Hall–Kier alpha value is -3.39. The molecule has 3 N–H and O–H groups in total. The van der Waals surface area contributed by atoms with Gasteiger partial charge in [0.2, 0.25) is 15.9 Å². The normalized spacial score (nSPS) is 11.9. The molecule has 0 saturated heterocycles. The highest BCUT2D eigenvalue weighted by Crippen LogP contribution is 2.29. The maximum Gasteiger partial charge on any atom is 0.238 e. The van der Waals surface area contributed by atoms with Crippen molar-refractivity contribution in [2.45, 2.75) is 22.1 Å². The highest BCUT2D eigenvalue weighted by atomic mass is 32.2. The van der Waals surface area contributed by atoms with E-state index < -0.39 is 15.3 Å². The van der Waals surface area contributed by atoms with Crippen LogP contribution in [0.15, 0.2) is 70.6 Å². The molecule has 1 amide bonds. The Balaban J connectivity index is 1.76. The number of thioether (sulfide) groups is 1. The summed E-state index contributed by atoms with van der Waals surface area (Å²) in [6.45, 7) is 1.70. The van der Waals surface area contributed by atoms with Crippen LogP contribution in [0.5, 0.6) is 5.75 Å². The number of ether oxygens (including phenoxy) is 1. The third-order valence-corrected chi connectivity index (χ3v) is 6.51. The molecule has 1 heterocycles. The number of methoxy groups -OCH3 is 1. The van der Waals surface area contributed by atoms with E-state index in [1.165, 1.54) is 24.3 Å². The number of sulfonamides is 1. The Morgan fingerprint density at radius 3 is 2.34 bits per heavy atom. The summed E-state index contributed by atoms with van der Waals surface area (Å²) in [5, 5.41) is 17.1. The lowest BCUT2D eigenvalue weighted by molar-refractivity contribution is -0.115. The molecule has 32 heavy (non-hydrogen) atoms. The van der Waals surface area contributed by atoms with Crippen molar-refractivity contribution >= 4 is 33.4 Å². The van der Waals surface area contributed by atoms with Crippen LogP contribution in [0.4, 0.5) is 5.69 Å². The van der Waals surface area contributed by atoms with E-state index in [0.717, 1.165) is 23.1 Å². The quantitative estimate of drug-likeness (QED) is 0.507. The topological polar surface area (TPSA) is 135 Å². The smallest absolute Gasteiger partial charge is 0.238 e. The maximum absolute atomic E-state index is 12.6. The molecule has 0 aliphatic heterocycles. The molecule has 0 bridgehead atoms. The summed E-state index contributed by atoms with van der Waals surface area (Å²) in [6.07, 6.45) is 0. The number of nitrogens with one attached hydrogen (secondary N) is 1. The Bertz CT molecular complexity index is 1270. The van der Waals surface area contributed by atoms with Gasteiger partial charge < -0.3 is 10.1 Å². The number of pyridine rings is 1. The van der Waals surface area contributed by atoms with E-state index in [-0.39, 0.29) is 10.8 Å². The van der Waals surface area contributed by atoms with Crippen LogP contribution in [0.3, 0.4) is 0 Å². The first kappa shape index (κ1) is 23.3. The van der Waals surface area contributed by atoms with Gasteiger partial charge in [-0.3, -0.25) is 4.79 Å². The molecule has 0 aliphatic rings. The summed E-state index contributed by atoms with van der Waals surface area (Å²) < 4.78 is 27.9. The third-order valence-electron chi connectivity index (χ3n) is 4.47. The second-order valence-corrected chi connectivity index (χ2v) is 9.60. The highest BCUT2D eigenvalue weighted by Gasteiger charge is 2.19. The van der Waals surface area contributed by atoms with Crippen LogP contribution in [0.25, 0.3) is 11.3 Å². The number of nitriles is 1. The molecule has 0 aliphatic carbocycles. The molecule has 2 aromatic carbocycles. The Morgan fingerprint density at radius 1 is 1.12 bits per heavy atom. The van der Waals surface area contributed by atoms with Crippen LogP contribution in [-0.2, 0) is 14.8 Å². The van der Waals surface area contributed by atoms with E-state index in [0.29, 0.717) is 22.0 Å². The second-order valence-electron chi connectivity index (χ2n) is 6.71. The number of benzene rings is 2. The van der Waals surface area contributed by atoms with Gasteiger partial charge in [0.15, 0.2) is 0 Å². The molecule has 3 aromatic rings. The number of carbonyl (C=O) groups is 1. The average molecular weight is 469 g/mol. The zero-order valence-electron chi connectivity index (χ0n) is 17.3. The summed E-state index contributed by atoms with van der Waals surface area (Å²) >= 11 is 1.16. The molecule has 1 atom stereocenters. The lowest BCUT2D eigenvalue weighted by Crippen LogP contribution is -2.22. The molecule has 8 nitrogen and oxygen atoms in total. The van der Waals surface area contributed by atoms with Crippen molar-refractivity contribution in [3.63, 3.8) is 0 Å². The van der Waals surface area contributed by atoms with Gasteiger partial charge in [-0.15, -0.1) is 0 Å². The Labute approximate surface area is 190 Å². The van der Waals surface area contributed by atoms with Crippen LogP contribution < -0.4 is 15.2 Å². The van der Waals surface area contributed by atoms with E-state index in [2.05, 4.69) is 16.4 Å². The fourth-order valence-corrected chi connectivity index (χ4v) is 4.14. The largest absolute Gasteiger partial charge is 0.497 e. The number of nitrogens with zero attached hydrogens (tertiary/aromatic N) is 2. The van der Waals surface area contributed by atoms with Crippen molar-refractivity contribution in [2.75, 3.05) is 12.4 Å². The van der Waals surface area contributed by atoms with Gasteiger partial charge in [-0.2, -0.15) is 5.26 Å². The molecule has 10 heteroatoms. The van der Waals surface area contributed by atoms with Crippen molar-refractivity contribution < 1.29 is 17.9 Å². The Morgan fingerprint density at radius 2 is 1.78 bits per heavy atom. The van der Waals surface area contributed by atoms with Crippen LogP contribution in [-0.4, -0.2) is 31.7 Å². The van der Waals surface area contributed by atoms with Gasteiger partial charge >= 0.3 is 0 Å². The third kappa shape index (κ3) is 5.64. The SMILES string of the molecule is COc1ccc(-c2ccc(C#N)c(SC(C)C(=O)Nc3ccc(S(N)(=O)=O)cc3)n2)cc1. The minimum absolute atomic E-state index is 0.0452. The van der Waals surface area contributed by atoms with Gasteiger partial charge in [0, 0.05) is 11.3 Å². The summed E-state index contributed by atoms with van der Waals surface area (Å²) in [7, 11) is -2.22. The van der Waals surface area contributed by atoms with E-state index >= 15 is 0 Å². The zero-order valence-corrected chi connectivity index (χ0v) is 18.9. The lowest BCUT2D eigenvalue weighted by Gasteiger charge is -2.13. The molecular formula is C22H20N4O4S2. The zero-order chi connectivity index (χ0) is 23.3. The van der Waals surface area contributed by atoms with Crippen molar-refractivity contribution in [3.8, 4) is 23.1 Å². The molecule has 0 radical (unpaired) electrons.